The van der Waals surface area contributed by atoms with Gasteiger partial charge >= 0.3 is 0 Å². The van der Waals surface area contributed by atoms with Gasteiger partial charge < -0.3 is 11.5 Å². The van der Waals surface area contributed by atoms with Crippen molar-refractivity contribution in [2.24, 2.45) is 16.5 Å². The Kier molecular flexibility index (Phi) is 3.23. The molecule has 0 aromatic heterocycles. The van der Waals surface area contributed by atoms with E-state index in [1.807, 2.05) is 22.6 Å². The quantitative estimate of drug-likeness (QED) is 0.280. The fourth-order valence-corrected chi connectivity index (χ4v) is 1.50. The molecule has 0 saturated carbocycles. The second-order valence-corrected chi connectivity index (χ2v) is 3.56. The van der Waals surface area contributed by atoms with Crippen LogP contribution in [0.5, 0.6) is 0 Å². The molecule has 0 atom stereocenters. The third kappa shape index (κ3) is 2.31. The number of aliphatic imine (C=N–C) groups is 1. The van der Waals surface area contributed by atoms with Gasteiger partial charge in [0, 0.05) is 9.64 Å². The molecule has 0 amide bonds. The highest BCUT2D eigenvalue weighted by molar-refractivity contribution is 14.1. The van der Waals surface area contributed by atoms with Crippen molar-refractivity contribution < 1.29 is 4.92 Å². The number of benzene rings is 1. The Balaban J connectivity index is 3.37. The van der Waals surface area contributed by atoms with Gasteiger partial charge in [0.15, 0.2) is 11.6 Å². The van der Waals surface area contributed by atoms with Gasteiger partial charge in [-0.05, 0) is 28.7 Å². The van der Waals surface area contributed by atoms with Crippen LogP contribution in [0.2, 0.25) is 0 Å². The minimum absolute atomic E-state index is 0.106. The predicted molar refractivity (Wildman–Crippen MR) is 61.3 cm³/mol. The minimum Gasteiger partial charge on any atom is -0.370 e. The Bertz CT molecular complexity index is 401. The summed E-state index contributed by atoms with van der Waals surface area (Å²) in [5, 5.41) is 10.6. The van der Waals surface area contributed by atoms with E-state index in [0.29, 0.717) is 3.57 Å². The molecule has 0 heterocycles. The molecule has 0 bridgehead atoms. The maximum absolute atomic E-state index is 10.6. The van der Waals surface area contributed by atoms with Crippen LogP contribution in [0.3, 0.4) is 0 Å². The number of nitro benzene ring substituents is 1. The van der Waals surface area contributed by atoms with E-state index in [1.165, 1.54) is 6.07 Å². The normalized spacial score (nSPS) is 9.50. The fourth-order valence-electron chi connectivity index (χ4n) is 0.891. The van der Waals surface area contributed by atoms with E-state index in [9.17, 15) is 10.1 Å². The zero-order chi connectivity index (χ0) is 10.7. The van der Waals surface area contributed by atoms with Crippen LogP contribution < -0.4 is 11.5 Å². The molecule has 4 N–H and O–H groups in total. The van der Waals surface area contributed by atoms with E-state index in [4.69, 9.17) is 11.5 Å². The Morgan fingerprint density at radius 3 is 2.64 bits per heavy atom. The average Bonchev–Trinajstić information content (AvgIpc) is 2.07. The van der Waals surface area contributed by atoms with E-state index >= 15 is 0 Å². The van der Waals surface area contributed by atoms with Crippen molar-refractivity contribution in [3.63, 3.8) is 0 Å². The number of rotatable bonds is 2. The van der Waals surface area contributed by atoms with Crippen molar-refractivity contribution in [1.82, 2.24) is 0 Å². The van der Waals surface area contributed by atoms with Gasteiger partial charge in [0.1, 0.15) is 0 Å². The maximum atomic E-state index is 10.6. The molecular weight excluding hydrogens is 299 g/mol. The molecule has 0 aliphatic carbocycles. The third-order valence-corrected chi connectivity index (χ3v) is 2.27. The maximum Gasteiger partial charge on any atom is 0.296 e. The summed E-state index contributed by atoms with van der Waals surface area (Å²) in [5.41, 5.74) is 10.4. The van der Waals surface area contributed by atoms with Crippen LogP contribution in [-0.2, 0) is 0 Å². The first-order valence-electron chi connectivity index (χ1n) is 3.55. The Labute approximate surface area is 93.3 Å². The van der Waals surface area contributed by atoms with E-state index in [2.05, 4.69) is 4.99 Å². The predicted octanol–water partition coefficient (Wildman–Crippen LogP) is 1.10. The van der Waals surface area contributed by atoms with Crippen molar-refractivity contribution in [3.05, 3.63) is 31.9 Å². The molecule has 1 aromatic rings. The lowest BCUT2D eigenvalue weighted by Gasteiger charge is -1.99. The topological polar surface area (TPSA) is 108 Å². The number of halogens is 1. The van der Waals surface area contributed by atoms with E-state index in [1.54, 1.807) is 12.1 Å². The van der Waals surface area contributed by atoms with Crippen molar-refractivity contribution in [2.45, 2.75) is 0 Å². The molecule has 0 radical (unpaired) electrons. The number of hydrogen-bond acceptors (Lipinski definition) is 3. The van der Waals surface area contributed by atoms with Gasteiger partial charge in [-0.15, -0.1) is 0 Å². The van der Waals surface area contributed by atoms with Gasteiger partial charge in [0.2, 0.25) is 0 Å². The van der Waals surface area contributed by atoms with E-state index < -0.39 is 4.92 Å². The highest BCUT2D eigenvalue weighted by Crippen LogP contribution is 2.31. The van der Waals surface area contributed by atoms with Crippen molar-refractivity contribution in [1.29, 1.82) is 0 Å². The first kappa shape index (κ1) is 10.7. The lowest BCUT2D eigenvalue weighted by atomic mass is 10.3. The number of hydrogen-bond donors (Lipinski definition) is 2. The molecule has 6 nitrogen and oxygen atoms in total. The molecule has 0 aliphatic heterocycles. The zero-order valence-corrected chi connectivity index (χ0v) is 9.13. The minimum atomic E-state index is -0.524. The number of para-hydroxylation sites is 1. The lowest BCUT2D eigenvalue weighted by molar-refractivity contribution is -0.384. The van der Waals surface area contributed by atoms with Crippen LogP contribution in [0, 0.1) is 13.7 Å². The Morgan fingerprint density at radius 1 is 1.50 bits per heavy atom. The van der Waals surface area contributed by atoms with Crippen molar-refractivity contribution in [3.8, 4) is 0 Å². The standard InChI is InChI=1S/C7H7IN4O2/c8-4-2-1-3-5(12(13)14)6(4)11-7(9)10/h1-3H,(H4,9,10,11). The summed E-state index contributed by atoms with van der Waals surface area (Å²) in [6.45, 7) is 0. The SMILES string of the molecule is NC(N)=Nc1c(I)cccc1[N+](=O)[O-]. The Morgan fingerprint density at radius 2 is 2.14 bits per heavy atom. The molecule has 0 unspecified atom stereocenters. The third-order valence-electron chi connectivity index (χ3n) is 1.40. The molecule has 0 spiro atoms. The van der Waals surface area contributed by atoms with Gasteiger partial charge in [-0.3, -0.25) is 10.1 Å². The second kappa shape index (κ2) is 4.22. The zero-order valence-electron chi connectivity index (χ0n) is 6.98. The molecule has 14 heavy (non-hydrogen) atoms. The molecule has 1 rings (SSSR count). The molecular formula is C7H7IN4O2. The van der Waals surface area contributed by atoms with Crippen LogP contribution in [0.1, 0.15) is 0 Å². The summed E-state index contributed by atoms with van der Waals surface area (Å²) in [6, 6.07) is 4.62. The smallest absolute Gasteiger partial charge is 0.296 e. The van der Waals surface area contributed by atoms with E-state index in [-0.39, 0.29) is 17.3 Å². The first-order valence-corrected chi connectivity index (χ1v) is 4.63. The highest BCUT2D eigenvalue weighted by Gasteiger charge is 2.15. The molecule has 0 aliphatic rings. The van der Waals surface area contributed by atoms with Crippen LogP contribution in [-0.4, -0.2) is 10.9 Å². The number of nitrogens with zero attached hydrogens (tertiary/aromatic N) is 2. The summed E-state index contributed by atoms with van der Waals surface area (Å²) < 4.78 is 0.630. The van der Waals surface area contributed by atoms with E-state index in [0.717, 1.165) is 0 Å². The van der Waals surface area contributed by atoms with Crippen molar-refractivity contribution in [2.75, 3.05) is 0 Å². The van der Waals surface area contributed by atoms with Crippen LogP contribution in [0.15, 0.2) is 23.2 Å². The first-order chi connectivity index (χ1) is 6.52. The van der Waals surface area contributed by atoms with Gasteiger partial charge in [0.25, 0.3) is 5.69 Å². The van der Waals surface area contributed by atoms with Gasteiger partial charge in [0.05, 0.1) is 4.92 Å². The van der Waals surface area contributed by atoms with Crippen LogP contribution in [0.4, 0.5) is 11.4 Å². The van der Waals surface area contributed by atoms with Crippen molar-refractivity contribution >= 4 is 39.9 Å². The molecule has 1 aromatic carbocycles. The average molecular weight is 306 g/mol. The number of nitro groups is 1. The second-order valence-electron chi connectivity index (χ2n) is 2.40. The van der Waals surface area contributed by atoms with Crippen LogP contribution in [0.25, 0.3) is 0 Å². The molecule has 0 saturated heterocycles. The largest absolute Gasteiger partial charge is 0.370 e. The van der Waals surface area contributed by atoms with Gasteiger partial charge in [-0.25, -0.2) is 4.99 Å². The van der Waals surface area contributed by atoms with Gasteiger partial charge in [-0.2, -0.15) is 0 Å². The fraction of sp³-hybridized carbons (Fsp3) is 0. The van der Waals surface area contributed by atoms with Gasteiger partial charge in [-0.1, -0.05) is 6.07 Å². The van der Waals surface area contributed by atoms with Crippen LogP contribution >= 0.6 is 22.6 Å². The number of guanidine groups is 1. The highest BCUT2D eigenvalue weighted by atomic mass is 127. The number of nitrogens with two attached hydrogens (primary N) is 2. The lowest BCUT2D eigenvalue weighted by Crippen LogP contribution is -2.22. The summed E-state index contributed by atoms with van der Waals surface area (Å²) >= 11 is 1.93. The molecule has 0 fully saturated rings. The Hall–Kier alpha value is -1.38. The summed E-state index contributed by atoms with van der Waals surface area (Å²) in [6.07, 6.45) is 0. The molecule has 74 valence electrons. The summed E-state index contributed by atoms with van der Waals surface area (Å²) in [7, 11) is 0. The molecule has 7 heteroatoms. The summed E-state index contributed by atoms with van der Waals surface area (Å²) in [5.74, 6) is -0.197. The monoisotopic (exact) mass is 306 g/mol. The summed E-state index contributed by atoms with van der Waals surface area (Å²) in [4.78, 5) is 13.8.